The van der Waals surface area contributed by atoms with Crippen molar-refractivity contribution in [1.82, 2.24) is 0 Å². The molecule has 0 amide bonds. The van der Waals surface area contributed by atoms with E-state index in [9.17, 15) is 4.79 Å². The molecule has 3 heteroatoms. The quantitative estimate of drug-likeness (QED) is 0.233. The normalized spacial score (nSPS) is 13.6. The SMILES string of the molecule is CCCCCCC(C)CCCC(CCCC(=O)O)c1ccc(I)cc1. The molecule has 0 fully saturated rings. The minimum atomic E-state index is -0.679. The highest BCUT2D eigenvalue weighted by molar-refractivity contribution is 14.1. The smallest absolute Gasteiger partial charge is 0.303 e. The first kappa shape index (κ1) is 22.5. The predicted molar refractivity (Wildman–Crippen MR) is 115 cm³/mol. The molecule has 0 bridgehead atoms. The number of aliphatic carboxylic acids is 1. The van der Waals surface area contributed by atoms with Crippen LogP contribution in [0.3, 0.4) is 0 Å². The van der Waals surface area contributed by atoms with E-state index >= 15 is 0 Å². The maximum atomic E-state index is 10.8. The molecule has 1 N–H and O–H groups in total. The summed E-state index contributed by atoms with van der Waals surface area (Å²) >= 11 is 2.34. The molecular formula is C22H35IO2. The van der Waals surface area contributed by atoms with E-state index in [-0.39, 0.29) is 6.42 Å². The molecule has 1 aromatic carbocycles. The van der Waals surface area contributed by atoms with Gasteiger partial charge in [-0.05, 0) is 71.4 Å². The van der Waals surface area contributed by atoms with E-state index in [4.69, 9.17) is 5.11 Å². The number of hydrogen-bond donors (Lipinski definition) is 1. The minimum Gasteiger partial charge on any atom is -0.481 e. The molecule has 0 aliphatic rings. The van der Waals surface area contributed by atoms with Crippen LogP contribution in [0.5, 0.6) is 0 Å². The van der Waals surface area contributed by atoms with E-state index in [1.54, 1.807) is 0 Å². The highest BCUT2D eigenvalue weighted by atomic mass is 127. The van der Waals surface area contributed by atoms with Crippen molar-refractivity contribution in [3.63, 3.8) is 0 Å². The second kappa shape index (κ2) is 13.6. The Morgan fingerprint density at radius 2 is 1.60 bits per heavy atom. The fourth-order valence-corrected chi connectivity index (χ4v) is 3.85. The molecule has 0 saturated heterocycles. The molecule has 0 saturated carbocycles. The van der Waals surface area contributed by atoms with Crippen LogP contribution in [-0.2, 0) is 4.79 Å². The Bertz CT molecular complexity index is 469. The van der Waals surface area contributed by atoms with Crippen molar-refractivity contribution >= 4 is 28.6 Å². The Morgan fingerprint density at radius 1 is 0.960 bits per heavy atom. The van der Waals surface area contributed by atoms with Crippen molar-refractivity contribution in [1.29, 1.82) is 0 Å². The fraction of sp³-hybridized carbons (Fsp3) is 0.682. The van der Waals surface area contributed by atoms with Gasteiger partial charge >= 0.3 is 5.97 Å². The van der Waals surface area contributed by atoms with Gasteiger partial charge < -0.3 is 5.11 Å². The summed E-state index contributed by atoms with van der Waals surface area (Å²) in [6.07, 6.45) is 12.5. The van der Waals surface area contributed by atoms with Gasteiger partial charge in [0, 0.05) is 9.99 Å². The Kier molecular flexibility index (Phi) is 12.2. The Balaban J connectivity index is 2.41. The van der Waals surface area contributed by atoms with E-state index in [1.165, 1.54) is 60.5 Å². The third kappa shape index (κ3) is 10.9. The van der Waals surface area contributed by atoms with Gasteiger partial charge in [-0.15, -0.1) is 0 Å². The van der Waals surface area contributed by atoms with Crippen LogP contribution in [0.25, 0.3) is 0 Å². The van der Waals surface area contributed by atoms with Gasteiger partial charge in [0.1, 0.15) is 0 Å². The number of carbonyl (C=O) groups is 1. The molecule has 25 heavy (non-hydrogen) atoms. The van der Waals surface area contributed by atoms with Crippen molar-refractivity contribution in [2.45, 2.75) is 90.4 Å². The van der Waals surface area contributed by atoms with Gasteiger partial charge in [0.25, 0.3) is 0 Å². The van der Waals surface area contributed by atoms with Crippen LogP contribution in [0.4, 0.5) is 0 Å². The Labute approximate surface area is 167 Å². The zero-order chi connectivity index (χ0) is 18.5. The lowest BCUT2D eigenvalue weighted by atomic mass is 9.87. The molecule has 1 rings (SSSR count). The van der Waals surface area contributed by atoms with Crippen LogP contribution in [-0.4, -0.2) is 11.1 Å². The van der Waals surface area contributed by atoms with Crippen LogP contribution in [0.15, 0.2) is 24.3 Å². The van der Waals surface area contributed by atoms with Crippen molar-refractivity contribution in [3.05, 3.63) is 33.4 Å². The maximum Gasteiger partial charge on any atom is 0.303 e. The van der Waals surface area contributed by atoms with Crippen molar-refractivity contribution in [2.75, 3.05) is 0 Å². The zero-order valence-corrected chi connectivity index (χ0v) is 18.1. The second-order valence-electron chi connectivity index (χ2n) is 7.42. The molecule has 2 atom stereocenters. The van der Waals surface area contributed by atoms with Gasteiger partial charge in [-0.2, -0.15) is 0 Å². The Morgan fingerprint density at radius 3 is 2.24 bits per heavy atom. The third-order valence-electron chi connectivity index (χ3n) is 5.08. The van der Waals surface area contributed by atoms with Gasteiger partial charge in [-0.3, -0.25) is 4.79 Å². The van der Waals surface area contributed by atoms with E-state index in [2.05, 4.69) is 60.7 Å². The van der Waals surface area contributed by atoms with Gasteiger partial charge in [0.05, 0.1) is 0 Å². The summed E-state index contributed by atoms with van der Waals surface area (Å²) in [4.78, 5) is 10.8. The van der Waals surface area contributed by atoms with Crippen LogP contribution >= 0.6 is 22.6 Å². The zero-order valence-electron chi connectivity index (χ0n) is 16.0. The lowest BCUT2D eigenvalue weighted by molar-refractivity contribution is -0.137. The van der Waals surface area contributed by atoms with E-state index < -0.39 is 5.97 Å². The number of benzene rings is 1. The highest BCUT2D eigenvalue weighted by Crippen LogP contribution is 2.29. The van der Waals surface area contributed by atoms with Crippen LogP contribution in [0.2, 0.25) is 0 Å². The summed E-state index contributed by atoms with van der Waals surface area (Å²) in [6, 6.07) is 8.77. The molecule has 0 spiro atoms. The third-order valence-corrected chi connectivity index (χ3v) is 5.80. The van der Waals surface area contributed by atoms with Crippen LogP contribution in [0.1, 0.15) is 96.0 Å². The van der Waals surface area contributed by atoms with Gasteiger partial charge in [-0.1, -0.05) is 70.9 Å². The summed E-state index contributed by atoms with van der Waals surface area (Å²) in [7, 11) is 0. The lowest BCUT2D eigenvalue weighted by Crippen LogP contribution is -2.03. The first-order valence-corrected chi connectivity index (χ1v) is 11.1. The highest BCUT2D eigenvalue weighted by Gasteiger charge is 2.13. The van der Waals surface area contributed by atoms with Crippen LogP contribution < -0.4 is 0 Å². The first-order chi connectivity index (χ1) is 12.0. The largest absolute Gasteiger partial charge is 0.481 e. The predicted octanol–water partition coefficient (Wildman–Crippen LogP) is 7.41. The van der Waals surface area contributed by atoms with Crippen molar-refractivity contribution < 1.29 is 9.90 Å². The van der Waals surface area contributed by atoms with Crippen molar-refractivity contribution in [2.24, 2.45) is 5.92 Å². The summed E-state index contributed by atoms with van der Waals surface area (Å²) in [5, 5.41) is 8.90. The summed E-state index contributed by atoms with van der Waals surface area (Å²) in [5.74, 6) is 0.638. The average Bonchev–Trinajstić information content (AvgIpc) is 2.58. The molecule has 2 unspecified atom stereocenters. The standard InChI is InChI=1S/C22H35IO2/c1-3-4-5-6-9-18(2)10-7-11-19(12-8-13-22(24)25)20-14-16-21(23)17-15-20/h14-19H,3-13H2,1-2H3,(H,24,25). The van der Waals surface area contributed by atoms with Gasteiger partial charge in [0.2, 0.25) is 0 Å². The fourth-order valence-electron chi connectivity index (χ4n) is 3.49. The van der Waals surface area contributed by atoms with E-state index in [1.807, 2.05) is 0 Å². The molecule has 2 nitrogen and oxygen atoms in total. The van der Waals surface area contributed by atoms with Crippen molar-refractivity contribution in [3.8, 4) is 0 Å². The monoisotopic (exact) mass is 458 g/mol. The topological polar surface area (TPSA) is 37.3 Å². The lowest BCUT2D eigenvalue weighted by Gasteiger charge is -2.19. The van der Waals surface area contributed by atoms with E-state index in [0.717, 1.165) is 18.8 Å². The van der Waals surface area contributed by atoms with Gasteiger partial charge in [-0.25, -0.2) is 0 Å². The average molecular weight is 458 g/mol. The molecule has 0 heterocycles. The molecular weight excluding hydrogens is 423 g/mol. The molecule has 0 radical (unpaired) electrons. The number of unbranched alkanes of at least 4 members (excludes halogenated alkanes) is 3. The minimum absolute atomic E-state index is 0.286. The maximum absolute atomic E-state index is 10.8. The molecule has 142 valence electrons. The number of hydrogen-bond acceptors (Lipinski definition) is 1. The first-order valence-electron chi connectivity index (χ1n) is 10.00. The second-order valence-corrected chi connectivity index (χ2v) is 8.67. The molecule has 1 aromatic rings. The van der Waals surface area contributed by atoms with Gasteiger partial charge in [0.15, 0.2) is 0 Å². The number of carboxylic acids is 1. The summed E-state index contributed by atoms with van der Waals surface area (Å²) < 4.78 is 1.26. The van der Waals surface area contributed by atoms with E-state index in [0.29, 0.717) is 5.92 Å². The molecule has 0 aliphatic carbocycles. The molecule has 0 aliphatic heterocycles. The number of halogens is 1. The summed E-state index contributed by atoms with van der Waals surface area (Å²) in [6.45, 7) is 4.65. The molecule has 0 aromatic heterocycles. The number of rotatable bonds is 14. The van der Waals surface area contributed by atoms with Crippen LogP contribution in [0, 0.1) is 9.49 Å². The Hall–Kier alpha value is -0.580. The number of carboxylic acid groups (broad SMARTS) is 1. The summed E-state index contributed by atoms with van der Waals surface area (Å²) in [5.41, 5.74) is 1.38.